The van der Waals surface area contributed by atoms with E-state index in [4.69, 9.17) is 5.11 Å². The number of hydrogen-bond donors (Lipinski definition) is 1. The van der Waals surface area contributed by atoms with E-state index in [0.29, 0.717) is 22.7 Å². The number of benzene rings is 1. The lowest BCUT2D eigenvalue weighted by molar-refractivity contribution is -0.137. The molecule has 0 atom stereocenters. The Balaban J connectivity index is 2.26. The molecule has 1 N–H and O–H groups in total. The van der Waals surface area contributed by atoms with Crippen molar-refractivity contribution in [1.29, 1.82) is 0 Å². The van der Waals surface area contributed by atoms with Gasteiger partial charge in [0.25, 0.3) is 0 Å². The van der Waals surface area contributed by atoms with Crippen LogP contribution < -0.4 is 0 Å². The van der Waals surface area contributed by atoms with Gasteiger partial charge >= 0.3 is 12.1 Å². The maximum Gasteiger partial charge on any atom is 0.416 e. The summed E-state index contributed by atoms with van der Waals surface area (Å²) in [6.07, 6.45) is -3.55. The molecule has 0 spiro atoms. The van der Waals surface area contributed by atoms with E-state index in [9.17, 15) is 18.0 Å². The molecule has 7 heteroatoms. The van der Waals surface area contributed by atoms with Crippen LogP contribution in [0.25, 0.3) is 0 Å². The van der Waals surface area contributed by atoms with Crippen molar-refractivity contribution < 1.29 is 23.1 Å². The first-order valence-electron chi connectivity index (χ1n) is 6.19. The molecule has 0 fully saturated rings. The molecule has 0 amide bonds. The van der Waals surface area contributed by atoms with Crippen molar-refractivity contribution in [2.45, 2.75) is 25.9 Å². The number of carboxylic acids is 1. The van der Waals surface area contributed by atoms with Gasteiger partial charge in [-0.05, 0) is 24.1 Å². The third-order valence-electron chi connectivity index (χ3n) is 2.89. The molecule has 0 saturated carbocycles. The second-order valence-electron chi connectivity index (χ2n) is 4.41. The summed E-state index contributed by atoms with van der Waals surface area (Å²) in [7, 11) is 0. The largest absolute Gasteiger partial charge is 0.477 e. The molecule has 0 radical (unpaired) electrons. The topological polar surface area (TPSA) is 50.2 Å². The van der Waals surface area contributed by atoms with Crippen LogP contribution >= 0.6 is 11.3 Å². The zero-order valence-corrected chi connectivity index (χ0v) is 11.9. The van der Waals surface area contributed by atoms with E-state index in [1.165, 1.54) is 12.1 Å². The van der Waals surface area contributed by atoms with Gasteiger partial charge in [-0.15, -0.1) is 11.3 Å². The third-order valence-corrected chi connectivity index (χ3v) is 4.12. The van der Waals surface area contributed by atoms with E-state index in [2.05, 4.69) is 4.98 Å². The SMILES string of the molecule is CCc1nc(Cc2ccc(C(F)(F)F)cc2)c(C(=O)O)s1. The lowest BCUT2D eigenvalue weighted by Gasteiger charge is -2.07. The molecule has 0 bridgehead atoms. The van der Waals surface area contributed by atoms with Crippen LogP contribution in [0.3, 0.4) is 0 Å². The number of halogens is 3. The van der Waals surface area contributed by atoms with Crippen molar-refractivity contribution in [3.63, 3.8) is 0 Å². The fourth-order valence-corrected chi connectivity index (χ4v) is 2.70. The highest BCUT2D eigenvalue weighted by molar-refractivity contribution is 7.13. The minimum atomic E-state index is -4.37. The molecule has 0 unspecified atom stereocenters. The molecule has 1 aromatic heterocycles. The summed E-state index contributed by atoms with van der Waals surface area (Å²) < 4.78 is 37.4. The van der Waals surface area contributed by atoms with Crippen molar-refractivity contribution in [3.8, 4) is 0 Å². The fourth-order valence-electron chi connectivity index (χ4n) is 1.84. The average Bonchev–Trinajstić information content (AvgIpc) is 2.81. The number of carbonyl (C=O) groups is 1. The summed E-state index contributed by atoms with van der Waals surface area (Å²) in [5, 5.41) is 9.83. The van der Waals surface area contributed by atoms with E-state index in [1.54, 1.807) is 0 Å². The lowest BCUT2D eigenvalue weighted by Crippen LogP contribution is -2.05. The zero-order chi connectivity index (χ0) is 15.6. The molecular formula is C14H12F3NO2S. The van der Waals surface area contributed by atoms with Crippen LogP contribution in [0, 0.1) is 0 Å². The molecule has 2 rings (SSSR count). The molecule has 0 aliphatic carbocycles. The normalized spacial score (nSPS) is 11.6. The van der Waals surface area contributed by atoms with Crippen LogP contribution in [0.2, 0.25) is 0 Å². The molecule has 3 nitrogen and oxygen atoms in total. The highest BCUT2D eigenvalue weighted by Crippen LogP contribution is 2.29. The summed E-state index contributed by atoms with van der Waals surface area (Å²) in [5.74, 6) is -1.06. The van der Waals surface area contributed by atoms with Gasteiger partial charge in [-0.25, -0.2) is 9.78 Å². The minimum absolute atomic E-state index is 0.145. The number of aryl methyl sites for hydroxylation is 1. The Morgan fingerprint density at radius 1 is 1.29 bits per heavy atom. The summed E-state index contributed by atoms with van der Waals surface area (Å²) in [5.41, 5.74) is 0.264. The first-order valence-corrected chi connectivity index (χ1v) is 7.01. The molecule has 112 valence electrons. The van der Waals surface area contributed by atoms with Crippen LogP contribution in [0.15, 0.2) is 24.3 Å². The van der Waals surface area contributed by atoms with Gasteiger partial charge in [0.2, 0.25) is 0 Å². The van der Waals surface area contributed by atoms with Crippen LogP contribution in [-0.2, 0) is 19.0 Å². The van der Waals surface area contributed by atoms with Gasteiger partial charge in [0.1, 0.15) is 4.88 Å². The Kier molecular flexibility index (Phi) is 4.32. The van der Waals surface area contributed by atoms with E-state index in [0.717, 1.165) is 23.5 Å². The Bertz CT molecular complexity index is 647. The molecule has 0 aliphatic heterocycles. The number of alkyl halides is 3. The van der Waals surface area contributed by atoms with Gasteiger partial charge in [0, 0.05) is 6.42 Å². The monoisotopic (exact) mass is 315 g/mol. The smallest absolute Gasteiger partial charge is 0.416 e. The summed E-state index contributed by atoms with van der Waals surface area (Å²) >= 11 is 1.10. The molecule has 0 aliphatic rings. The van der Waals surface area contributed by atoms with Crippen LogP contribution in [-0.4, -0.2) is 16.1 Å². The Morgan fingerprint density at radius 3 is 2.38 bits per heavy atom. The van der Waals surface area contributed by atoms with Crippen molar-refractivity contribution in [2.24, 2.45) is 0 Å². The first kappa shape index (κ1) is 15.5. The van der Waals surface area contributed by atoms with Gasteiger partial charge in [-0.1, -0.05) is 19.1 Å². The summed E-state index contributed by atoms with van der Waals surface area (Å²) in [6, 6.07) is 4.67. The Hall–Kier alpha value is -1.89. The van der Waals surface area contributed by atoms with Gasteiger partial charge in [0.05, 0.1) is 16.3 Å². The fraction of sp³-hybridized carbons (Fsp3) is 0.286. The number of carboxylic acid groups (broad SMARTS) is 1. The van der Waals surface area contributed by atoms with Gasteiger partial charge in [-0.3, -0.25) is 0 Å². The maximum atomic E-state index is 12.5. The Labute approximate surface area is 123 Å². The van der Waals surface area contributed by atoms with E-state index >= 15 is 0 Å². The minimum Gasteiger partial charge on any atom is -0.477 e. The standard InChI is InChI=1S/C14H12F3NO2S/c1-2-11-18-10(12(21-11)13(19)20)7-8-3-5-9(6-4-8)14(15,16)17/h3-6H,2,7H2,1H3,(H,19,20). The number of hydrogen-bond acceptors (Lipinski definition) is 3. The molecule has 0 saturated heterocycles. The van der Waals surface area contributed by atoms with E-state index in [-0.39, 0.29) is 11.3 Å². The maximum absolute atomic E-state index is 12.5. The molecule has 21 heavy (non-hydrogen) atoms. The number of thiazole rings is 1. The molecule has 1 aromatic carbocycles. The van der Waals surface area contributed by atoms with Gasteiger partial charge in [0.15, 0.2) is 0 Å². The van der Waals surface area contributed by atoms with Crippen LogP contribution in [0.1, 0.15) is 38.4 Å². The third kappa shape index (κ3) is 3.60. The van der Waals surface area contributed by atoms with E-state index in [1.807, 2.05) is 6.92 Å². The predicted octanol–water partition coefficient (Wildman–Crippen LogP) is 4.01. The van der Waals surface area contributed by atoms with Crippen molar-refractivity contribution in [2.75, 3.05) is 0 Å². The second-order valence-corrected chi connectivity index (χ2v) is 5.50. The molecule has 2 aromatic rings. The summed E-state index contributed by atoms with van der Waals surface area (Å²) in [4.78, 5) is 15.5. The van der Waals surface area contributed by atoms with Crippen LogP contribution in [0.5, 0.6) is 0 Å². The van der Waals surface area contributed by atoms with Gasteiger partial charge < -0.3 is 5.11 Å². The van der Waals surface area contributed by atoms with Gasteiger partial charge in [-0.2, -0.15) is 13.2 Å². The van der Waals surface area contributed by atoms with E-state index < -0.39 is 17.7 Å². The zero-order valence-electron chi connectivity index (χ0n) is 11.1. The number of rotatable bonds is 4. The molecular weight excluding hydrogens is 303 g/mol. The molecule has 1 heterocycles. The van der Waals surface area contributed by atoms with Crippen molar-refractivity contribution >= 4 is 17.3 Å². The van der Waals surface area contributed by atoms with Crippen LogP contribution in [0.4, 0.5) is 13.2 Å². The lowest BCUT2D eigenvalue weighted by atomic mass is 10.1. The summed E-state index contributed by atoms with van der Waals surface area (Å²) in [6.45, 7) is 1.87. The Morgan fingerprint density at radius 2 is 1.90 bits per heavy atom. The highest BCUT2D eigenvalue weighted by Gasteiger charge is 2.30. The van der Waals surface area contributed by atoms with Crippen molar-refractivity contribution in [1.82, 2.24) is 4.98 Å². The van der Waals surface area contributed by atoms with Crippen molar-refractivity contribution in [3.05, 3.63) is 51.0 Å². The highest BCUT2D eigenvalue weighted by atomic mass is 32.1. The number of nitrogens with zero attached hydrogens (tertiary/aromatic N) is 1. The average molecular weight is 315 g/mol. The first-order chi connectivity index (χ1) is 9.81. The predicted molar refractivity (Wildman–Crippen MR) is 72.7 cm³/mol. The second kappa shape index (κ2) is 5.85. The number of aromatic carboxylic acids is 1. The quantitative estimate of drug-likeness (QED) is 0.927. The number of aromatic nitrogens is 1.